The molecule has 2 aliphatic heterocycles. The Kier molecular flexibility index (Phi) is 3.65. The highest BCUT2D eigenvalue weighted by atomic mass is 16.6. The van der Waals surface area contributed by atoms with E-state index in [2.05, 4.69) is 10.2 Å². The van der Waals surface area contributed by atoms with Crippen molar-refractivity contribution in [2.45, 2.75) is 24.9 Å². The van der Waals surface area contributed by atoms with E-state index < -0.39 is 6.10 Å². The van der Waals surface area contributed by atoms with Gasteiger partial charge in [-0.25, -0.2) is 0 Å². The van der Waals surface area contributed by atoms with Gasteiger partial charge in [-0.05, 0) is 31.0 Å². The number of benzene rings is 1. The zero-order valence-electron chi connectivity index (χ0n) is 12.8. The summed E-state index contributed by atoms with van der Waals surface area (Å²) in [6.07, 6.45) is 3.24. The molecule has 6 heteroatoms. The number of amides is 1. The molecule has 0 aliphatic carbocycles. The fourth-order valence-electron chi connectivity index (χ4n) is 3.27. The van der Waals surface area contributed by atoms with Crippen molar-refractivity contribution in [3.8, 4) is 11.5 Å². The van der Waals surface area contributed by atoms with Crippen molar-refractivity contribution in [3.63, 3.8) is 0 Å². The molecule has 0 saturated carbocycles. The summed E-state index contributed by atoms with van der Waals surface area (Å²) in [7, 11) is 0. The summed E-state index contributed by atoms with van der Waals surface area (Å²) in [5, 5.41) is 7.02. The molecule has 6 nitrogen and oxygen atoms in total. The van der Waals surface area contributed by atoms with Gasteiger partial charge in [-0.1, -0.05) is 12.1 Å². The quantitative estimate of drug-likeness (QED) is 0.920. The van der Waals surface area contributed by atoms with Crippen LogP contribution in [-0.4, -0.2) is 46.8 Å². The van der Waals surface area contributed by atoms with Gasteiger partial charge < -0.3 is 14.4 Å². The third-order valence-corrected chi connectivity index (χ3v) is 4.48. The molecule has 0 bridgehead atoms. The predicted octanol–water partition coefficient (Wildman–Crippen LogP) is 1.96. The first-order valence-corrected chi connectivity index (χ1v) is 7.98. The molecule has 3 heterocycles. The van der Waals surface area contributed by atoms with E-state index in [4.69, 9.17) is 9.47 Å². The van der Waals surface area contributed by atoms with Gasteiger partial charge in [0.15, 0.2) is 11.5 Å². The number of aromatic amines is 1. The number of likely N-dealkylation sites (tertiary alicyclic amines) is 1. The smallest absolute Gasteiger partial charge is 0.267 e. The Morgan fingerprint density at radius 1 is 1.26 bits per heavy atom. The average molecular weight is 313 g/mol. The normalized spacial score (nSPS) is 23.6. The molecule has 23 heavy (non-hydrogen) atoms. The van der Waals surface area contributed by atoms with Crippen LogP contribution >= 0.6 is 0 Å². The van der Waals surface area contributed by atoms with Crippen LogP contribution in [0.4, 0.5) is 0 Å². The second-order valence-corrected chi connectivity index (χ2v) is 6.00. The van der Waals surface area contributed by atoms with Gasteiger partial charge in [0.25, 0.3) is 5.91 Å². The van der Waals surface area contributed by atoms with E-state index in [1.165, 1.54) is 0 Å². The lowest BCUT2D eigenvalue weighted by Gasteiger charge is -2.35. The first-order valence-electron chi connectivity index (χ1n) is 7.98. The number of hydrogen-bond donors (Lipinski definition) is 1. The Morgan fingerprint density at radius 2 is 2.13 bits per heavy atom. The number of aromatic nitrogens is 2. The van der Waals surface area contributed by atoms with Crippen molar-refractivity contribution in [1.29, 1.82) is 0 Å². The van der Waals surface area contributed by atoms with Crippen LogP contribution in [0.3, 0.4) is 0 Å². The lowest BCUT2D eigenvalue weighted by Crippen LogP contribution is -2.49. The SMILES string of the molecule is O=C([C@H]1COc2ccccc2O1)N1CCC[C@H](c2ccn[nH]2)C1. The number of H-pyrrole nitrogens is 1. The van der Waals surface area contributed by atoms with Gasteiger partial charge in [0, 0.05) is 30.9 Å². The lowest BCUT2D eigenvalue weighted by atomic mass is 9.94. The Morgan fingerprint density at radius 3 is 2.96 bits per heavy atom. The number of para-hydroxylation sites is 2. The monoisotopic (exact) mass is 313 g/mol. The van der Waals surface area contributed by atoms with Gasteiger partial charge in [-0.3, -0.25) is 9.89 Å². The van der Waals surface area contributed by atoms with Crippen molar-refractivity contribution in [3.05, 3.63) is 42.2 Å². The molecule has 0 unspecified atom stereocenters. The van der Waals surface area contributed by atoms with Crippen molar-refractivity contribution in [2.24, 2.45) is 0 Å². The van der Waals surface area contributed by atoms with E-state index in [0.29, 0.717) is 24.0 Å². The van der Waals surface area contributed by atoms with E-state index in [1.807, 2.05) is 35.2 Å². The third-order valence-electron chi connectivity index (χ3n) is 4.48. The van der Waals surface area contributed by atoms with Crippen LogP contribution in [0.5, 0.6) is 11.5 Å². The highest BCUT2D eigenvalue weighted by molar-refractivity contribution is 5.82. The van der Waals surface area contributed by atoms with Crippen LogP contribution in [0.2, 0.25) is 0 Å². The Bertz CT molecular complexity index is 686. The Hall–Kier alpha value is -2.50. The number of rotatable bonds is 2. The van der Waals surface area contributed by atoms with Gasteiger partial charge in [0.1, 0.15) is 6.61 Å². The van der Waals surface area contributed by atoms with Crippen molar-refractivity contribution in [2.75, 3.05) is 19.7 Å². The van der Waals surface area contributed by atoms with Gasteiger partial charge in [0.05, 0.1) is 0 Å². The summed E-state index contributed by atoms with van der Waals surface area (Å²) in [5.41, 5.74) is 1.09. The van der Waals surface area contributed by atoms with Crippen LogP contribution in [0.1, 0.15) is 24.5 Å². The van der Waals surface area contributed by atoms with Crippen LogP contribution in [0.15, 0.2) is 36.5 Å². The molecule has 1 amide bonds. The average Bonchev–Trinajstić information content (AvgIpc) is 3.15. The topological polar surface area (TPSA) is 67.5 Å². The molecular weight excluding hydrogens is 294 g/mol. The molecule has 1 aromatic carbocycles. The number of carbonyl (C=O) groups is 1. The maximum atomic E-state index is 12.8. The molecule has 4 rings (SSSR count). The minimum atomic E-state index is -0.564. The number of fused-ring (bicyclic) bond motifs is 1. The number of nitrogens with zero attached hydrogens (tertiary/aromatic N) is 2. The Labute approximate surface area is 134 Å². The molecule has 1 aromatic heterocycles. The summed E-state index contributed by atoms with van der Waals surface area (Å²) in [6, 6.07) is 9.44. The standard InChI is InChI=1S/C17H19N3O3/c21-17(16-11-22-14-5-1-2-6-15(14)23-16)20-9-3-4-12(10-20)13-7-8-18-19-13/h1-2,5-8,12,16H,3-4,9-11H2,(H,18,19)/t12-,16+/m0/s1. The Balaban J connectivity index is 1.45. The maximum absolute atomic E-state index is 12.8. The zero-order chi connectivity index (χ0) is 15.6. The predicted molar refractivity (Wildman–Crippen MR) is 83.5 cm³/mol. The van der Waals surface area contributed by atoms with Gasteiger partial charge >= 0.3 is 0 Å². The molecule has 2 aromatic rings. The van der Waals surface area contributed by atoms with Crippen molar-refractivity contribution < 1.29 is 14.3 Å². The summed E-state index contributed by atoms with van der Waals surface area (Å²) < 4.78 is 11.5. The summed E-state index contributed by atoms with van der Waals surface area (Å²) in [4.78, 5) is 14.7. The summed E-state index contributed by atoms with van der Waals surface area (Å²) in [6.45, 7) is 1.73. The molecule has 1 fully saturated rings. The van der Waals surface area contributed by atoms with Crippen molar-refractivity contribution >= 4 is 5.91 Å². The first-order chi connectivity index (χ1) is 11.3. The van der Waals surface area contributed by atoms with E-state index in [-0.39, 0.29) is 12.5 Å². The van der Waals surface area contributed by atoms with Crippen LogP contribution in [0, 0.1) is 0 Å². The van der Waals surface area contributed by atoms with Crippen LogP contribution < -0.4 is 9.47 Å². The minimum Gasteiger partial charge on any atom is -0.485 e. The molecule has 1 saturated heterocycles. The van der Waals surface area contributed by atoms with Gasteiger partial charge in [-0.2, -0.15) is 5.10 Å². The fourth-order valence-corrected chi connectivity index (χ4v) is 3.27. The molecule has 0 radical (unpaired) electrons. The van der Waals surface area contributed by atoms with E-state index in [1.54, 1.807) is 6.20 Å². The number of hydrogen-bond acceptors (Lipinski definition) is 4. The molecule has 2 aliphatic rings. The van der Waals surface area contributed by atoms with Gasteiger partial charge in [-0.15, -0.1) is 0 Å². The number of piperidine rings is 1. The summed E-state index contributed by atoms with van der Waals surface area (Å²) >= 11 is 0. The highest BCUT2D eigenvalue weighted by Gasteiger charge is 2.34. The summed E-state index contributed by atoms with van der Waals surface area (Å²) in [5.74, 6) is 1.65. The van der Waals surface area contributed by atoms with Crippen molar-refractivity contribution in [1.82, 2.24) is 15.1 Å². The molecule has 120 valence electrons. The molecular formula is C17H19N3O3. The maximum Gasteiger partial charge on any atom is 0.267 e. The van der Waals surface area contributed by atoms with Crippen LogP contribution in [-0.2, 0) is 4.79 Å². The first kappa shape index (κ1) is 14.1. The van der Waals surface area contributed by atoms with E-state index in [0.717, 1.165) is 25.1 Å². The molecule has 1 N–H and O–H groups in total. The number of nitrogens with one attached hydrogen (secondary N) is 1. The lowest BCUT2D eigenvalue weighted by molar-refractivity contribution is -0.142. The molecule has 2 atom stereocenters. The fraction of sp³-hybridized carbons (Fsp3) is 0.412. The molecule has 0 spiro atoms. The minimum absolute atomic E-state index is 0.00344. The third kappa shape index (κ3) is 2.76. The van der Waals surface area contributed by atoms with Crippen LogP contribution in [0.25, 0.3) is 0 Å². The second-order valence-electron chi connectivity index (χ2n) is 6.00. The second kappa shape index (κ2) is 5.95. The number of carbonyl (C=O) groups excluding carboxylic acids is 1. The van der Waals surface area contributed by atoms with E-state index >= 15 is 0 Å². The number of ether oxygens (including phenoxy) is 2. The van der Waals surface area contributed by atoms with E-state index in [9.17, 15) is 4.79 Å². The van der Waals surface area contributed by atoms with Gasteiger partial charge in [0.2, 0.25) is 6.10 Å². The largest absolute Gasteiger partial charge is 0.485 e. The highest BCUT2D eigenvalue weighted by Crippen LogP contribution is 2.32. The zero-order valence-corrected chi connectivity index (χ0v) is 12.8.